The SMILES string of the molecule is CC(=O)Oc1ccon1.CC(=O)Oc1ccon1. The highest BCUT2D eigenvalue weighted by Gasteiger charge is 1.98. The van der Waals surface area contributed by atoms with E-state index in [1.165, 1.54) is 38.5 Å². The molecule has 8 nitrogen and oxygen atoms in total. The minimum absolute atomic E-state index is 0.197. The van der Waals surface area contributed by atoms with Gasteiger partial charge in [-0.3, -0.25) is 9.59 Å². The average molecular weight is 254 g/mol. The first kappa shape index (κ1) is 13.4. The molecule has 8 heteroatoms. The maximum Gasteiger partial charge on any atom is 0.309 e. The normalized spacial score (nSPS) is 9.00. The Morgan fingerprint density at radius 3 is 1.56 bits per heavy atom. The standard InChI is InChI=1S/2C5H5NO3/c2*1-4(7)9-5-2-3-8-6-5/h2*2-3H,1H3. The Bertz CT molecular complexity index is 430. The summed E-state index contributed by atoms with van der Waals surface area (Å²) in [6.07, 6.45) is 2.66. The van der Waals surface area contributed by atoms with E-state index in [0.717, 1.165) is 0 Å². The van der Waals surface area contributed by atoms with Crippen LogP contribution >= 0.6 is 0 Å². The molecule has 0 radical (unpaired) electrons. The molecule has 0 aliphatic heterocycles. The van der Waals surface area contributed by atoms with Crippen molar-refractivity contribution in [3.8, 4) is 11.8 Å². The first-order chi connectivity index (χ1) is 8.58. The molecule has 0 fully saturated rings. The smallest absolute Gasteiger partial charge is 0.309 e. The molecule has 2 aromatic heterocycles. The zero-order valence-electron chi connectivity index (χ0n) is 9.65. The highest BCUT2D eigenvalue weighted by atomic mass is 16.6. The summed E-state index contributed by atoms with van der Waals surface area (Å²) in [5.41, 5.74) is 0. The number of nitrogens with zero attached hydrogens (tertiary/aromatic N) is 2. The van der Waals surface area contributed by atoms with Crippen LogP contribution < -0.4 is 9.47 Å². The minimum atomic E-state index is -0.399. The number of aromatic nitrogens is 2. The van der Waals surface area contributed by atoms with Gasteiger partial charge in [0.25, 0.3) is 11.8 Å². The van der Waals surface area contributed by atoms with Gasteiger partial charge < -0.3 is 18.5 Å². The van der Waals surface area contributed by atoms with Crippen molar-refractivity contribution in [3.05, 3.63) is 24.7 Å². The van der Waals surface area contributed by atoms with Gasteiger partial charge in [-0.1, -0.05) is 0 Å². The van der Waals surface area contributed by atoms with Crippen molar-refractivity contribution >= 4 is 11.9 Å². The summed E-state index contributed by atoms with van der Waals surface area (Å²) in [5, 5.41) is 6.68. The molecule has 0 aliphatic carbocycles. The van der Waals surface area contributed by atoms with Gasteiger partial charge in [0, 0.05) is 26.0 Å². The third kappa shape index (κ3) is 5.45. The summed E-state index contributed by atoms with van der Waals surface area (Å²) in [7, 11) is 0. The number of carbonyl (C=O) groups excluding carboxylic acids is 2. The predicted molar refractivity (Wildman–Crippen MR) is 55.6 cm³/mol. The maximum absolute atomic E-state index is 10.2. The molecule has 0 atom stereocenters. The van der Waals surface area contributed by atoms with Gasteiger partial charge in [-0.25, -0.2) is 0 Å². The Labute approximate surface area is 101 Å². The molecular weight excluding hydrogens is 244 g/mol. The zero-order valence-corrected chi connectivity index (χ0v) is 9.65. The fourth-order valence-corrected chi connectivity index (χ4v) is 0.803. The molecule has 0 aliphatic rings. The van der Waals surface area contributed by atoms with Gasteiger partial charge in [-0.2, -0.15) is 0 Å². The summed E-state index contributed by atoms with van der Waals surface area (Å²) >= 11 is 0. The van der Waals surface area contributed by atoms with E-state index in [4.69, 9.17) is 0 Å². The lowest BCUT2D eigenvalue weighted by Gasteiger charge is -1.89. The van der Waals surface area contributed by atoms with Crippen LogP contribution in [-0.2, 0) is 9.59 Å². The summed E-state index contributed by atoms with van der Waals surface area (Å²) in [6, 6.07) is 2.92. The van der Waals surface area contributed by atoms with Gasteiger partial charge in [0.2, 0.25) is 0 Å². The fraction of sp³-hybridized carbons (Fsp3) is 0.200. The van der Waals surface area contributed by atoms with Crippen molar-refractivity contribution in [1.82, 2.24) is 10.3 Å². The molecule has 2 aromatic rings. The maximum atomic E-state index is 10.2. The fourth-order valence-electron chi connectivity index (χ4n) is 0.803. The highest BCUT2D eigenvalue weighted by Crippen LogP contribution is 2.04. The van der Waals surface area contributed by atoms with E-state index in [1.807, 2.05) is 0 Å². The first-order valence-corrected chi connectivity index (χ1v) is 4.75. The summed E-state index contributed by atoms with van der Waals surface area (Å²) in [6.45, 7) is 2.60. The summed E-state index contributed by atoms with van der Waals surface area (Å²) in [4.78, 5) is 20.4. The summed E-state index contributed by atoms with van der Waals surface area (Å²) < 4.78 is 17.8. The third-order valence-electron chi connectivity index (χ3n) is 1.32. The quantitative estimate of drug-likeness (QED) is 0.736. The van der Waals surface area contributed by atoms with Crippen LogP contribution in [0.3, 0.4) is 0 Å². The van der Waals surface area contributed by atoms with E-state index in [9.17, 15) is 9.59 Å². The zero-order chi connectivity index (χ0) is 13.4. The molecule has 0 aromatic carbocycles. The molecule has 0 amide bonds. The molecule has 2 heterocycles. The van der Waals surface area contributed by atoms with Crippen molar-refractivity contribution in [1.29, 1.82) is 0 Å². The van der Waals surface area contributed by atoms with Crippen molar-refractivity contribution in [2.75, 3.05) is 0 Å². The third-order valence-corrected chi connectivity index (χ3v) is 1.32. The molecule has 18 heavy (non-hydrogen) atoms. The number of rotatable bonds is 2. The molecular formula is C10H10N2O6. The van der Waals surface area contributed by atoms with Crippen LogP contribution in [0, 0.1) is 0 Å². The molecule has 96 valence electrons. The van der Waals surface area contributed by atoms with Crippen molar-refractivity contribution in [2.45, 2.75) is 13.8 Å². The van der Waals surface area contributed by atoms with E-state index in [0.29, 0.717) is 0 Å². The number of esters is 2. The van der Waals surface area contributed by atoms with Crippen LogP contribution in [0.2, 0.25) is 0 Å². The lowest BCUT2D eigenvalue weighted by molar-refractivity contribution is -0.133. The van der Waals surface area contributed by atoms with E-state index in [1.54, 1.807) is 0 Å². The second-order valence-corrected chi connectivity index (χ2v) is 2.86. The molecule has 2 rings (SSSR count). The Morgan fingerprint density at radius 1 is 0.944 bits per heavy atom. The van der Waals surface area contributed by atoms with Gasteiger partial charge in [0.15, 0.2) is 0 Å². The van der Waals surface area contributed by atoms with Crippen LogP contribution in [0.5, 0.6) is 11.8 Å². The molecule has 0 saturated carbocycles. The number of hydrogen-bond donors (Lipinski definition) is 0. The van der Waals surface area contributed by atoms with Crippen LogP contribution in [0.1, 0.15) is 13.8 Å². The van der Waals surface area contributed by atoms with Gasteiger partial charge in [-0.05, 0) is 10.3 Å². The minimum Gasteiger partial charge on any atom is -0.404 e. The van der Waals surface area contributed by atoms with Crippen molar-refractivity contribution in [3.63, 3.8) is 0 Å². The van der Waals surface area contributed by atoms with Crippen LogP contribution in [0.25, 0.3) is 0 Å². The monoisotopic (exact) mass is 254 g/mol. The summed E-state index contributed by atoms with van der Waals surface area (Å²) in [5.74, 6) is -0.405. The second-order valence-electron chi connectivity index (χ2n) is 2.86. The predicted octanol–water partition coefficient (Wildman–Crippen LogP) is 1.20. The van der Waals surface area contributed by atoms with E-state index in [2.05, 4.69) is 28.8 Å². The average Bonchev–Trinajstić information content (AvgIpc) is 2.90. The van der Waals surface area contributed by atoms with E-state index < -0.39 is 11.9 Å². The van der Waals surface area contributed by atoms with Gasteiger partial charge >= 0.3 is 11.9 Å². The van der Waals surface area contributed by atoms with E-state index in [-0.39, 0.29) is 11.8 Å². The molecule has 0 saturated heterocycles. The van der Waals surface area contributed by atoms with Crippen LogP contribution in [0.15, 0.2) is 33.7 Å². The Balaban J connectivity index is 0.000000180. The van der Waals surface area contributed by atoms with Crippen LogP contribution in [-0.4, -0.2) is 22.3 Å². The largest absolute Gasteiger partial charge is 0.404 e. The molecule has 0 bridgehead atoms. The van der Waals surface area contributed by atoms with Gasteiger partial charge in [0.1, 0.15) is 12.5 Å². The van der Waals surface area contributed by atoms with Crippen LogP contribution in [0.4, 0.5) is 0 Å². The number of ether oxygens (including phenoxy) is 2. The van der Waals surface area contributed by atoms with E-state index >= 15 is 0 Å². The Hall–Kier alpha value is -2.64. The Kier molecular flexibility index (Phi) is 5.10. The van der Waals surface area contributed by atoms with Gasteiger partial charge in [-0.15, -0.1) is 0 Å². The topological polar surface area (TPSA) is 105 Å². The lowest BCUT2D eigenvalue weighted by atomic mass is 10.7. The number of carbonyl (C=O) groups is 2. The number of hydrogen-bond acceptors (Lipinski definition) is 8. The second kappa shape index (κ2) is 6.84. The van der Waals surface area contributed by atoms with Gasteiger partial charge in [0.05, 0.1) is 0 Å². The molecule has 0 spiro atoms. The first-order valence-electron chi connectivity index (χ1n) is 4.75. The molecule has 0 unspecified atom stereocenters. The van der Waals surface area contributed by atoms with Crippen molar-refractivity contribution < 1.29 is 28.1 Å². The highest BCUT2D eigenvalue weighted by molar-refractivity contribution is 5.68. The lowest BCUT2D eigenvalue weighted by Crippen LogP contribution is -2.00. The molecule has 0 N–H and O–H groups in total. The van der Waals surface area contributed by atoms with Crippen molar-refractivity contribution in [2.24, 2.45) is 0 Å². The Morgan fingerprint density at radius 2 is 1.33 bits per heavy atom.